The number of hydrogen-bond donors (Lipinski definition) is 0. The van der Waals surface area contributed by atoms with Crippen molar-refractivity contribution in [3.8, 4) is 17.3 Å². The molecule has 0 unspecified atom stereocenters. The number of para-hydroxylation sites is 1. The molecule has 104 valence electrons. The molecule has 0 saturated heterocycles. The minimum Gasteiger partial charge on any atom is -0.455 e. The summed E-state index contributed by atoms with van der Waals surface area (Å²) in [6.45, 7) is 0. The summed E-state index contributed by atoms with van der Waals surface area (Å²) in [5, 5.41) is 11.6. The molecule has 3 nitrogen and oxygen atoms in total. The Hall–Kier alpha value is -2.83. The number of nitrogens with zero attached hydrogens (tertiary/aromatic N) is 2. The molecule has 0 fully saturated rings. The number of nitriles is 1. The molecular formula is C18H9ClN2O. The van der Waals surface area contributed by atoms with Crippen LogP contribution in [0.15, 0.2) is 59.1 Å². The Morgan fingerprint density at radius 2 is 1.95 bits per heavy atom. The fraction of sp³-hybridized carbons (Fsp3) is 0. The van der Waals surface area contributed by atoms with E-state index in [-0.39, 0.29) is 0 Å². The molecule has 4 heteroatoms. The van der Waals surface area contributed by atoms with E-state index in [4.69, 9.17) is 21.3 Å². The lowest BCUT2D eigenvalue weighted by molar-refractivity contribution is 0.669. The predicted molar refractivity (Wildman–Crippen MR) is 86.7 cm³/mol. The summed E-state index contributed by atoms with van der Waals surface area (Å²) in [6, 6.07) is 17.2. The second-order valence-corrected chi connectivity index (χ2v) is 5.41. The third-order valence-corrected chi connectivity index (χ3v) is 3.85. The van der Waals surface area contributed by atoms with Gasteiger partial charge in [0, 0.05) is 22.5 Å². The molecule has 0 atom stereocenters. The first-order valence-electron chi connectivity index (χ1n) is 6.73. The van der Waals surface area contributed by atoms with Crippen LogP contribution in [0.2, 0.25) is 5.02 Å². The lowest BCUT2D eigenvalue weighted by Crippen LogP contribution is -1.83. The zero-order chi connectivity index (χ0) is 15.1. The van der Waals surface area contributed by atoms with Crippen molar-refractivity contribution in [2.45, 2.75) is 0 Å². The Bertz CT molecular complexity index is 1040. The quantitative estimate of drug-likeness (QED) is 0.487. The first-order valence-corrected chi connectivity index (χ1v) is 7.11. The highest BCUT2D eigenvalue weighted by Gasteiger charge is 2.13. The first kappa shape index (κ1) is 12.9. The van der Waals surface area contributed by atoms with Gasteiger partial charge in [-0.15, -0.1) is 0 Å². The molecule has 2 aromatic carbocycles. The molecule has 4 rings (SSSR count). The Kier molecular flexibility index (Phi) is 2.85. The highest BCUT2D eigenvalue weighted by molar-refractivity contribution is 6.30. The van der Waals surface area contributed by atoms with E-state index in [1.165, 1.54) is 0 Å². The smallest absolute Gasteiger partial charge is 0.144 e. The van der Waals surface area contributed by atoms with E-state index in [9.17, 15) is 0 Å². The highest BCUT2D eigenvalue weighted by Crippen LogP contribution is 2.35. The van der Waals surface area contributed by atoms with Crippen LogP contribution in [0.5, 0.6) is 0 Å². The van der Waals surface area contributed by atoms with Crippen LogP contribution in [-0.4, -0.2) is 4.98 Å². The van der Waals surface area contributed by atoms with Crippen molar-refractivity contribution in [2.24, 2.45) is 0 Å². The number of aromatic nitrogens is 1. The summed E-state index contributed by atoms with van der Waals surface area (Å²) in [6.07, 6.45) is 1.62. The van der Waals surface area contributed by atoms with Gasteiger partial charge < -0.3 is 4.42 Å². The highest BCUT2D eigenvalue weighted by atomic mass is 35.5. The standard InChI is InChI=1S/C18H9ClN2O/c19-12-5-7-16(21-10-12)15-3-1-2-14-13-6-4-11(9-20)8-17(13)22-18(14)15/h1-8,10H. The summed E-state index contributed by atoms with van der Waals surface area (Å²) in [4.78, 5) is 4.36. The average Bonchev–Trinajstić information content (AvgIpc) is 2.93. The van der Waals surface area contributed by atoms with Crippen molar-refractivity contribution in [1.82, 2.24) is 4.98 Å². The monoisotopic (exact) mass is 304 g/mol. The van der Waals surface area contributed by atoms with Gasteiger partial charge in [0.05, 0.1) is 22.3 Å². The number of hydrogen-bond acceptors (Lipinski definition) is 3. The topological polar surface area (TPSA) is 49.8 Å². The molecule has 22 heavy (non-hydrogen) atoms. The zero-order valence-electron chi connectivity index (χ0n) is 11.4. The normalized spacial score (nSPS) is 10.9. The lowest BCUT2D eigenvalue weighted by Gasteiger charge is -2.01. The van der Waals surface area contributed by atoms with E-state index in [0.717, 1.165) is 27.6 Å². The molecule has 0 saturated carbocycles. The second kappa shape index (κ2) is 4.87. The van der Waals surface area contributed by atoms with E-state index in [1.54, 1.807) is 24.4 Å². The van der Waals surface area contributed by atoms with Crippen molar-refractivity contribution in [3.63, 3.8) is 0 Å². The Balaban J connectivity index is 2.04. The number of benzene rings is 2. The van der Waals surface area contributed by atoms with E-state index < -0.39 is 0 Å². The molecule has 0 radical (unpaired) electrons. The molecule has 0 aliphatic rings. The largest absolute Gasteiger partial charge is 0.455 e. The van der Waals surface area contributed by atoms with Crippen LogP contribution in [0.3, 0.4) is 0 Å². The van der Waals surface area contributed by atoms with Crippen molar-refractivity contribution in [2.75, 3.05) is 0 Å². The third kappa shape index (κ3) is 1.93. The van der Waals surface area contributed by atoms with Gasteiger partial charge in [0.25, 0.3) is 0 Å². The van der Waals surface area contributed by atoms with Crippen LogP contribution >= 0.6 is 11.6 Å². The first-order chi connectivity index (χ1) is 10.8. The van der Waals surface area contributed by atoms with Gasteiger partial charge in [-0.3, -0.25) is 4.98 Å². The van der Waals surface area contributed by atoms with Crippen LogP contribution in [-0.2, 0) is 0 Å². The molecule has 2 heterocycles. The van der Waals surface area contributed by atoms with Gasteiger partial charge in [-0.2, -0.15) is 5.26 Å². The van der Waals surface area contributed by atoms with Gasteiger partial charge in [-0.25, -0.2) is 0 Å². The molecule has 0 N–H and O–H groups in total. The number of halogens is 1. The van der Waals surface area contributed by atoms with Crippen molar-refractivity contribution < 1.29 is 4.42 Å². The number of furan rings is 1. The van der Waals surface area contributed by atoms with Gasteiger partial charge in [0.1, 0.15) is 11.2 Å². The minimum absolute atomic E-state index is 0.581. The number of fused-ring (bicyclic) bond motifs is 3. The van der Waals surface area contributed by atoms with Gasteiger partial charge in [0.2, 0.25) is 0 Å². The fourth-order valence-electron chi connectivity index (χ4n) is 2.60. The summed E-state index contributed by atoms with van der Waals surface area (Å²) in [7, 11) is 0. The summed E-state index contributed by atoms with van der Waals surface area (Å²) in [5.41, 5.74) is 3.76. The molecule has 0 spiro atoms. The van der Waals surface area contributed by atoms with Crippen molar-refractivity contribution in [1.29, 1.82) is 5.26 Å². The predicted octanol–water partition coefficient (Wildman–Crippen LogP) is 5.17. The van der Waals surface area contributed by atoms with E-state index >= 15 is 0 Å². The maximum Gasteiger partial charge on any atom is 0.144 e. The molecule has 0 aliphatic heterocycles. The minimum atomic E-state index is 0.581. The molecule has 4 aromatic rings. The molecule has 0 bridgehead atoms. The Morgan fingerprint density at radius 3 is 2.73 bits per heavy atom. The van der Waals surface area contributed by atoms with Gasteiger partial charge in [-0.05, 0) is 36.4 Å². The van der Waals surface area contributed by atoms with Crippen molar-refractivity contribution >= 4 is 33.5 Å². The van der Waals surface area contributed by atoms with E-state index in [0.29, 0.717) is 16.2 Å². The Morgan fingerprint density at radius 1 is 1.05 bits per heavy atom. The maximum atomic E-state index is 9.02. The zero-order valence-corrected chi connectivity index (χ0v) is 12.1. The van der Waals surface area contributed by atoms with Crippen LogP contribution in [0.25, 0.3) is 33.2 Å². The van der Waals surface area contributed by atoms with E-state index in [2.05, 4.69) is 11.1 Å². The lowest BCUT2D eigenvalue weighted by atomic mass is 10.1. The maximum absolute atomic E-state index is 9.02. The molecular weight excluding hydrogens is 296 g/mol. The van der Waals surface area contributed by atoms with Crippen LogP contribution in [0.4, 0.5) is 0 Å². The molecule has 0 amide bonds. The van der Waals surface area contributed by atoms with Crippen LogP contribution in [0, 0.1) is 11.3 Å². The van der Waals surface area contributed by atoms with Gasteiger partial charge in [-0.1, -0.05) is 23.7 Å². The summed E-state index contributed by atoms with van der Waals surface area (Å²) >= 11 is 5.90. The Labute approximate surface area is 131 Å². The van der Waals surface area contributed by atoms with E-state index in [1.807, 2.05) is 30.3 Å². The fourth-order valence-corrected chi connectivity index (χ4v) is 2.72. The van der Waals surface area contributed by atoms with Crippen molar-refractivity contribution in [3.05, 3.63) is 65.3 Å². The second-order valence-electron chi connectivity index (χ2n) is 4.97. The summed E-state index contributed by atoms with van der Waals surface area (Å²) in [5.74, 6) is 0. The molecule has 2 aromatic heterocycles. The SMILES string of the molecule is N#Cc1ccc2c(c1)oc1c(-c3ccc(Cl)cn3)cccc12. The van der Waals surface area contributed by atoms with Crippen LogP contribution < -0.4 is 0 Å². The van der Waals surface area contributed by atoms with Gasteiger partial charge in [0.15, 0.2) is 0 Å². The summed E-state index contributed by atoms with van der Waals surface area (Å²) < 4.78 is 5.99. The number of rotatable bonds is 1. The van der Waals surface area contributed by atoms with Crippen LogP contribution in [0.1, 0.15) is 5.56 Å². The number of pyridine rings is 1. The third-order valence-electron chi connectivity index (χ3n) is 3.63. The average molecular weight is 305 g/mol. The van der Waals surface area contributed by atoms with Gasteiger partial charge >= 0.3 is 0 Å². The molecule has 0 aliphatic carbocycles.